The van der Waals surface area contributed by atoms with E-state index in [1.165, 1.54) is 0 Å². The first-order valence-corrected chi connectivity index (χ1v) is 8.74. The van der Waals surface area contributed by atoms with Gasteiger partial charge in [0, 0.05) is 3.57 Å². The largest absolute Gasteiger partial charge is 0.423 e. The van der Waals surface area contributed by atoms with Gasteiger partial charge in [-0.05, 0) is 70.3 Å². The third kappa shape index (κ3) is 3.85. The van der Waals surface area contributed by atoms with E-state index in [9.17, 15) is 14.4 Å². The van der Waals surface area contributed by atoms with E-state index in [1.54, 1.807) is 42.5 Å². The van der Waals surface area contributed by atoms with Crippen molar-refractivity contribution in [3.63, 3.8) is 0 Å². The Bertz CT molecular complexity index is 861. The molecule has 0 atom stereocenters. The highest BCUT2D eigenvalue weighted by atomic mass is 127. The van der Waals surface area contributed by atoms with E-state index in [1.807, 2.05) is 12.1 Å². The highest BCUT2D eigenvalue weighted by Gasteiger charge is 2.24. The number of carbonyl (C=O) groups excluding carboxylic acids is 3. The second-order valence-electron chi connectivity index (χ2n) is 4.79. The molecule has 1 N–H and O–H groups in total. The molecule has 0 unspecified atom stereocenters. The van der Waals surface area contributed by atoms with E-state index in [0.29, 0.717) is 16.2 Å². The van der Waals surface area contributed by atoms with Crippen molar-refractivity contribution in [2.45, 2.75) is 0 Å². The Hall–Kier alpha value is -2.13. The van der Waals surface area contributed by atoms with E-state index < -0.39 is 11.9 Å². The first kappa shape index (κ1) is 16.7. The molecule has 1 fully saturated rings. The third-order valence-corrected chi connectivity index (χ3v) is 4.88. The van der Waals surface area contributed by atoms with Gasteiger partial charge in [0.1, 0.15) is 5.75 Å². The summed E-state index contributed by atoms with van der Waals surface area (Å²) in [4.78, 5) is 35.1. The molecule has 1 saturated heterocycles. The van der Waals surface area contributed by atoms with Crippen molar-refractivity contribution < 1.29 is 19.1 Å². The molecular weight excluding hydrogens is 441 g/mol. The van der Waals surface area contributed by atoms with E-state index in [0.717, 1.165) is 20.9 Å². The standard InChI is InChI=1S/C17H10INO4S/c18-13-4-2-1-3-12(13)16(21)23-11-7-5-10(6-8-11)9-14-15(20)19-17(22)24-14/h1-9H,(H,19,20,22)/b14-9-. The number of rotatable bonds is 3. The van der Waals surface area contributed by atoms with Crippen LogP contribution in [-0.4, -0.2) is 17.1 Å². The van der Waals surface area contributed by atoms with Crippen LogP contribution < -0.4 is 10.1 Å². The number of esters is 1. The fourth-order valence-corrected chi connectivity index (χ4v) is 3.28. The van der Waals surface area contributed by atoms with E-state index in [-0.39, 0.29) is 5.24 Å². The third-order valence-electron chi connectivity index (χ3n) is 3.12. The number of carbonyl (C=O) groups is 3. The van der Waals surface area contributed by atoms with Gasteiger partial charge in [0.25, 0.3) is 11.1 Å². The molecule has 0 aliphatic carbocycles. The number of thioether (sulfide) groups is 1. The molecule has 5 nitrogen and oxygen atoms in total. The van der Waals surface area contributed by atoms with Crippen molar-refractivity contribution in [3.05, 3.63) is 68.1 Å². The summed E-state index contributed by atoms with van der Waals surface area (Å²) in [5, 5.41) is 1.81. The van der Waals surface area contributed by atoms with Crippen molar-refractivity contribution in [2.24, 2.45) is 0 Å². The lowest BCUT2D eigenvalue weighted by molar-refractivity contribution is -0.115. The molecule has 2 aromatic carbocycles. The van der Waals surface area contributed by atoms with E-state index >= 15 is 0 Å². The molecule has 2 aromatic rings. The molecule has 0 saturated carbocycles. The predicted molar refractivity (Wildman–Crippen MR) is 99.7 cm³/mol. The first-order valence-electron chi connectivity index (χ1n) is 6.84. The minimum atomic E-state index is -0.428. The SMILES string of the molecule is O=C1NC(=O)/C(=C/c2ccc(OC(=O)c3ccccc3I)cc2)S1. The summed E-state index contributed by atoms with van der Waals surface area (Å²) in [6.07, 6.45) is 1.61. The number of ether oxygens (including phenoxy) is 1. The summed E-state index contributed by atoms with van der Waals surface area (Å²) in [5.74, 6) is -0.428. The second kappa shape index (κ2) is 7.18. The van der Waals surface area contributed by atoms with Crippen molar-refractivity contribution in [3.8, 4) is 5.75 Å². The van der Waals surface area contributed by atoms with Gasteiger partial charge in [0.05, 0.1) is 10.5 Å². The topological polar surface area (TPSA) is 72.5 Å². The minimum absolute atomic E-state index is 0.337. The smallest absolute Gasteiger partial charge is 0.344 e. The maximum Gasteiger partial charge on any atom is 0.344 e. The highest BCUT2D eigenvalue weighted by Crippen LogP contribution is 2.26. The minimum Gasteiger partial charge on any atom is -0.423 e. The van der Waals surface area contributed by atoms with Gasteiger partial charge < -0.3 is 4.74 Å². The van der Waals surface area contributed by atoms with Gasteiger partial charge in [0.15, 0.2) is 0 Å². The molecule has 1 aliphatic heterocycles. The average Bonchev–Trinajstić information content (AvgIpc) is 2.87. The van der Waals surface area contributed by atoms with Crippen LogP contribution in [0.3, 0.4) is 0 Å². The summed E-state index contributed by atoms with van der Waals surface area (Å²) < 4.78 is 6.16. The summed E-state index contributed by atoms with van der Waals surface area (Å²) >= 11 is 2.94. The molecule has 0 bridgehead atoms. The zero-order chi connectivity index (χ0) is 17.1. The Morgan fingerprint density at radius 1 is 1.08 bits per heavy atom. The number of imide groups is 1. The van der Waals surface area contributed by atoms with Crippen LogP contribution in [-0.2, 0) is 4.79 Å². The maximum absolute atomic E-state index is 12.1. The summed E-state index contributed by atoms with van der Waals surface area (Å²) in [6.45, 7) is 0. The summed E-state index contributed by atoms with van der Waals surface area (Å²) in [6, 6.07) is 13.9. The molecule has 2 amide bonds. The molecule has 120 valence electrons. The van der Waals surface area contributed by atoms with Crippen LogP contribution in [0.15, 0.2) is 53.4 Å². The van der Waals surface area contributed by atoms with Crippen molar-refractivity contribution in [2.75, 3.05) is 0 Å². The molecule has 1 aliphatic rings. The van der Waals surface area contributed by atoms with Gasteiger partial charge in [0.2, 0.25) is 0 Å². The Labute approximate surface area is 155 Å². The molecule has 3 rings (SSSR count). The van der Waals surface area contributed by atoms with Crippen molar-refractivity contribution in [1.82, 2.24) is 5.32 Å². The van der Waals surface area contributed by atoms with Gasteiger partial charge in [-0.2, -0.15) is 0 Å². The molecule has 24 heavy (non-hydrogen) atoms. The molecule has 0 radical (unpaired) electrons. The monoisotopic (exact) mass is 451 g/mol. The van der Waals surface area contributed by atoms with Crippen molar-refractivity contribution in [1.29, 1.82) is 0 Å². The lowest BCUT2D eigenvalue weighted by Crippen LogP contribution is -2.17. The van der Waals surface area contributed by atoms with Crippen LogP contribution in [0.4, 0.5) is 4.79 Å². The average molecular weight is 451 g/mol. The number of halogens is 1. The number of amides is 2. The number of nitrogens with one attached hydrogen (secondary N) is 1. The number of hydrogen-bond acceptors (Lipinski definition) is 5. The fourth-order valence-electron chi connectivity index (χ4n) is 1.99. The zero-order valence-electron chi connectivity index (χ0n) is 12.1. The van der Waals surface area contributed by atoms with Gasteiger partial charge in [-0.3, -0.25) is 14.9 Å². The highest BCUT2D eigenvalue weighted by molar-refractivity contribution is 14.1. The lowest BCUT2D eigenvalue weighted by atomic mass is 10.2. The quantitative estimate of drug-likeness (QED) is 0.333. The normalized spacial score (nSPS) is 15.5. The molecule has 7 heteroatoms. The molecule has 0 aromatic heterocycles. The fraction of sp³-hybridized carbons (Fsp3) is 0. The predicted octanol–water partition coefficient (Wildman–Crippen LogP) is 3.83. The Morgan fingerprint density at radius 3 is 2.42 bits per heavy atom. The molecule has 0 spiro atoms. The number of hydrogen-bond donors (Lipinski definition) is 1. The lowest BCUT2D eigenvalue weighted by Gasteiger charge is -2.06. The Morgan fingerprint density at radius 2 is 1.79 bits per heavy atom. The van der Waals surface area contributed by atoms with Gasteiger partial charge in [-0.25, -0.2) is 4.79 Å². The summed E-state index contributed by atoms with van der Waals surface area (Å²) in [5.41, 5.74) is 1.23. The maximum atomic E-state index is 12.1. The summed E-state index contributed by atoms with van der Waals surface area (Å²) in [7, 11) is 0. The van der Waals surface area contributed by atoms with Gasteiger partial charge in [-0.1, -0.05) is 24.3 Å². The van der Waals surface area contributed by atoms with Crippen LogP contribution >= 0.6 is 34.4 Å². The molecular formula is C17H10INO4S. The Balaban J connectivity index is 1.72. The first-order chi connectivity index (χ1) is 11.5. The Kier molecular flexibility index (Phi) is 5.00. The van der Waals surface area contributed by atoms with Crippen molar-refractivity contribution >= 4 is 57.5 Å². The van der Waals surface area contributed by atoms with Crippen LogP contribution in [0.5, 0.6) is 5.75 Å². The molecule has 1 heterocycles. The van der Waals surface area contributed by atoms with E-state index in [4.69, 9.17) is 4.74 Å². The second-order valence-corrected chi connectivity index (χ2v) is 6.97. The van der Waals surface area contributed by atoms with Crippen LogP contribution in [0, 0.1) is 3.57 Å². The van der Waals surface area contributed by atoms with E-state index in [2.05, 4.69) is 27.9 Å². The van der Waals surface area contributed by atoms with Crippen LogP contribution in [0.25, 0.3) is 6.08 Å². The van der Waals surface area contributed by atoms with Crippen LogP contribution in [0.1, 0.15) is 15.9 Å². The van der Waals surface area contributed by atoms with Crippen LogP contribution in [0.2, 0.25) is 0 Å². The van der Waals surface area contributed by atoms with Gasteiger partial charge in [-0.15, -0.1) is 0 Å². The zero-order valence-corrected chi connectivity index (χ0v) is 15.1. The van der Waals surface area contributed by atoms with Gasteiger partial charge >= 0.3 is 5.97 Å². The number of benzene rings is 2.